The molecule has 130 valence electrons. The van der Waals surface area contributed by atoms with Gasteiger partial charge in [0.2, 0.25) is 0 Å². The molecule has 0 aliphatic carbocycles. The molecule has 0 bridgehead atoms. The third-order valence-electron chi connectivity index (χ3n) is 5.03. The van der Waals surface area contributed by atoms with Crippen LogP contribution in [0.25, 0.3) is 11.3 Å². The maximum Gasteiger partial charge on any atom is 0.253 e. The highest BCUT2D eigenvalue weighted by Crippen LogP contribution is 2.30. The Morgan fingerprint density at radius 3 is 2.80 bits per heavy atom. The molecule has 5 nitrogen and oxygen atoms in total. The lowest BCUT2D eigenvalue weighted by Crippen LogP contribution is -2.42. The summed E-state index contributed by atoms with van der Waals surface area (Å²) in [5.74, 6) is -0.0297. The summed E-state index contributed by atoms with van der Waals surface area (Å²) >= 11 is 0. The van der Waals surface area contributed by atoms with Crippen LogP contribution in [0, 0.1) is 0 Å². The molecule has 5 heteroatoms. The topological polar surface area (TPSA) is 66.0 Å². The second-order valence-electron chi connectivity index (χ2n) is 7.05. The van der Waals surface area contributed by atoms with Crippen molar-refractivity contribution in [1.29, 1.82) is 0 Å². The van der Waals surface area contributed by atoms with Crippen LogP contribution in [0.5, 0.6) is 0 Å². The normalized spacial score (nSPS) is 20.0. The average molecular weight is 336 g/mol. The van der Waals surface area contributed by atoms with E-state index in [-0.39, 0.29) is 11.9 Å². The van der Waals surface area contributed by atoms with E-state index >= 15 is 0 Å². The van der Waals surface area contributed by atoms with Gasteiger partial charge in [-0.05, 0) is 69.1 Å². The van der Waals surface area contributed by atoms with Crippen LogP contribution in [0.4, 0.5) is 5.69 Å². The van der Waals surface area contributed by atoms with E-state index in [1.807, 2.05) is 12.1 Å². The molecule has 3 heterocycles. The number of aromatic nitrogens is 1. The van der Waals surface area contributed by atoms with Crippen LogP contribution in [-0.4, -0.2) is 36.1 Å². The van der Waals surface area contributed by atoms with E-state index in [9.17, 15) is 4.79 Å². The monoisotopic (exact) mass is 336 g/mol. The predicted octanol–water partition coefficient (Wildman–Crippen LogP) is 2.59. The molecule has 1 amide bonds. The molecular weight excluding hydrogens is 312 g/mol. The smallest absolute Gasteiger partial charge is 0.253 e. The van der Waals surface area contributed by atoms with Crippen LogP contribution in [0.3, 0.4) is 0 Å². The number of hydrogen-bond donors (Lipinski definition) is 3. The first kappa shape index (κ1) is 16.1. The van der Waals surface area contributed by atoms with Gasteiger partial charge in [0.15, 0.2) is 0 Å². The number of fused-ring (bicyclic) bond motifs is 1. The Morgan fingerprint density at radius 2 is 2.04 bits per heavy atom. The lowest BCUT2D eigenvalue weighted by atomic mass is 10.0. The van der Waals surface area contributed by atoms with Crippen molar-refractivity contribution in [2.75, 3.05) is 18.4 Å². The van der Waals surface area contributed by atoms with Crippen LogP contribution in [0.15, 0.2) is 36.5 Å². The zero-order valence-electron chi connectivity index (χ0n) is 14.5. The lowest BCUT2D eigenvalue weighted by Gasteiger charge is -2.23. The van der Waals surface area contributed by atoms with Gasteiger partial charge < -0.3 is 16.0 Å². The number of rotatable bonds is 3. The Morgan fingerprint density at radius 1 is 1.20 bits per heavy atom. The number of benzene rings is 1. The average Bonchev–Trinajstić information content (AvgIpc) is 3.02. The molecular formula is C20H24N4O. The molecule has 1 aromatic heterocycles. The zero-order chi connectivity index (χ0) is 17.2. The summed E-state index contributed by atoms with van der Waals surface area (Å²) in [6.07, 6.45) is 4.69. The Hall–Kier alpha value is -2.40. The van der Waals surface area contributed by atoms with E-state index in [0.29, 0.717) is 11.6 Å². The third kappa shape index (κ3) is 3.51. The van der Waals surface area contributed by atoms with Gasteiger partial charge in [0.25, 0.3) is 5.91 Å². The molecule has 3 N–H and O–H groups in total. The maximum absolute atomic E-state index is 12.4. The van der Waals surface area contributed by atoms with Crippen molar-refractivity contribution in [2.45, 2.75) is 38.3 Å². The van der Waals surface area contributed by atoms with Crippen molar-refractivity contribution in [3.63, 3.8) is 0 Å². The molecule has 1 aromatic carbocycles. The van der Waals surface area contributed by atoms with Gasteiger partial charge in [-0.1, -0.05) is 6.07 Å². The molecule has 25 heavy (non-hydrogen) atoms. The van der Waals surface area contributed by atoms with Crippen LogP contribution in [-0.2, 0) is 6.42 Å². The summed E-state index contributed by atoms with van der Waals surface area (Å²) in [5, 5.41) is 9.87. The number of pyridine rings is 1. The SMILES string of the molecule is C[C@@H]1Cc2cc(-c3ccc(C(=O)NC4CCNCC4)cn3)ccc2N1. The molecule has 1 saturated heterocycles. The fourth-order valence-electron chi connectivity index (χ4n) is 3.64. The van der Waals surface area contributed by atoms with E-state index in [2.05, 4.69) is 46.1 Å². The second kappa shape index (κ2) is 6.84. The third-order valence-corrected chi connectivity index (χ3v) is 5.03. The van der Waals surface area contributed by atoms with E-state index < -0.39 is 0 Å². The van der Waals surface area contributed by atoms with Crippen molar-refractivity contribution in [2.24, 2.45) is 0 Å². The molecule has 1 fully saturated rings. The molecule has 0 saturated carbocycles. The van der Waals surface area contributed by atoms with Crippen molar-refractivity contribution in [3.05, 3.63) is 47.7 Å². The largest absolute Gasteiger partial charge is 0.382 e. The minimum absolute atomic E-state index is 0.0297. The molecule has 0 unspecified atom stereocenters. The Balaban J connectivity index is 1.46. The number of nitrogens with zero attached hydrogens (tertiary/aromatic N) is 1. The number of carbonyl (C=O) groups is 1. The number of hydrogen-bond acceptors (Lipinski definition) is 4. The van der Waals surface area contributed by atoms with E-state index in [4.69, 9.17) is 0 Å². The molecule has 2 aliphatic heterocycles. The Bertz CT molecular complexity index is 766. The van der Waals surface area contributed by atoms with Crippen molar-refractivity contribution in [1.82, 2.24) is 15.6 Å². The zero-order valence-corrected chi connectivity index (χ0v) is 14.5. The Labute approximate surface area is 148 Å². The van der Waals surface area contributed by atoms with Crippen molar-refractivity contribution >= 4 is 11.6 Å². The summed E-state index contributed by atoms with van der Waals surface area (Å²) in [6, 6.07) is 11.0. The molecule has 1 atom stereocenters. The van der Waals surface area contributed by atoms with Crippen LogP contribution >= 0.6 is 0 Å². The van der Waals surface area contributed by atoms with Gasteiger partial charge in [0.05, 0.1) is 11.3 Å². The highest BCUT2D eigenvalue weighted by molar-refractivity contribution is 5.94. The Kier molecular flexibility index (Phi) is 4.40. The summed E-state index contributed by atoms with van der Waals surface area (Å²) in [6.45, 7) is 4.12. The van der Waals surface area contributed by atoms with Gasteiger partial charge in [0, 0.05) is 29.5 Å². The standard InChI is InChI=1S/C20H24N4O/c1-13-10-16-11-14(2-5-19(16)23-13)18-4-3-15(12-22-18)20(25)24-17-6-8-21-9-7-17/h2-5,11-13,17,21,23H,6-10H2,1H3,(H,24,25)/t13-/m1/s1. The van der Waals surface area contributed by atoms with E-state index in [0.717, 1.165) is 43.6 Å². The number of anilines is 1. The van der Waals surface area contributed by atoms with Gasteiger partial charge in [-0.2, -0.15) is 0 Å². The second-order valence-corrected chi connectivity index (χ2v) is 7.05. The van der Waals surface area contributed by atoms with Gasteiger partial charge in [-0.3, -0.25) is 9.78 Å². The predicted molar refractivity (Wildman–Crippen MR) is 99.8 cm³/mol. The highest BCUT2D eigenvalue weighted by Gasteiger charge is 2.18. The summed E-state index contributed by atoms with van der Waals surface area (Å²) in [7, 11) is 0. The lowest BCUT2D eigenvalue weighted by molar-refractivity contribution is 0.0929. The van der Waals surface area contributed by atoms with Crippen LogP contribution < -0.4 is 16.0 Å². The highest BCUT2D eigenvalue weighted by atomic mass is 16.1. The molecule has 0 spiro atoms. The number of piperidine rings is 1. The number of nitrogens with one attached hydrogen (secondary N) is 3. The van der Waals surface area contributed by atoms with Gasteiger partial charge >= 0.3 is 0 Å². The minimum atomic E-state index is -0.0297. The van der Waals surface area contributed by atoms with Crippen molar-refractivity contribution < 1.29 is 4.79 Å². The van der Waals surface area contributed by atoms with E-state index in [1.54, 1.807) is 6.20 Å². The van der Waals surface area contributed by atoms with E-state index in [1.165, 1.54) is 11.3 Å². The number of amides is 1. The number of carbonyl (C=O) groups excluding carboxylic acids is 1. The molecule has 2 aliphatic rings. The van der Waals surface area contributed by atoms with Crippen molar-refractivity contribution in [3.8, 4) is 11.3 Å². The summed E-state index contributed by atoms with van der Waals surface area (Å²) in [5.41, 5.74) is 5.17. The first-order chi connectivity index (χ1) is 12.2. The molecule has 4 rings (SSSR count). The summed E-state index contributed by atoms with van der Waals surface area (Å²) < 4.78 is 0. The summed E-state index contributed by atoms with van der Waals surface area (Å²) in [4.78, 5) is 16.9. The maximum atomic E-state index is 12.4. The molecule has 2 aromatic rings. The fourth-order valence-corrected chi connectivity index (χ4v) is 3.64. The van der Waals surface area contributed by atoms with Crippen LogP contribution in [0.1, 0.15) is 35.7 Å². The first-order valence-corrected chi connectivity index (χ1v) is 9.06. The van der Waals surface area contributed by atoms with Gasteiger partial charge in [-0.25, -0.2) is 0 Å². The van der Waals surface area contributed by atoms with Gasteiger partial charge in [0.1, 0.15) is 0 Å². The first-order valence-electron chi connectivity index (χ1n) is 9.06. The van der Waals surface area contributed by atoms with Gasteiger partial charge in [-0.15, -0.1) is 0 Å². The quantitative estimate of drug-likeness (QED) is 0.806. The molecule has 0 radical (unpaired) electrons. The fraction of sp³-hybridized carbons (Fsp3) is 0.400. The van der Waals surface area contributed by atoms with Crippen LogP contribution in [0.2, 0.25) is 0 Å². The minimum Gasteiger partial charge on any atom is -0.382 e.